The number of fused-ring (bicyclic) bond motifs is 1. The average Bonchev–Trinajstić information content (AvgIpc) is 3.12. The van der Waals surface area contributed by atoms with E-state index in [-0.39, 0.29) is 5.56 Å². The second-order valence-electron chi connectivity index (χ2n) is 4.81. The Morgan fingerprint density at radius 3 is 2.69 bits per heavy atom. The molecule has 2 aliphatic carbocycles. The Bertz CT molecular complexity index is 618. The lowest BCUT2D eigenvalue weighted by Gasteiger charge is -1.99. The van der Waals surface area contributed by atoms with Gasteiger partial charge in [-0.2, -0.15) is 4.98 Å². The van der Waals surface area contributed by atoms with Crippen molar-refractivity contribution in [2.24, 2.45) is 0 Å². The highest BCUT2D eigenvalue weighted by molar-refractivity contribution is 5.32. The van der Waals surface area contributed by atoms with E-state index in [4.69, 9.17) is 0 Å². The molecular weight excluding hydrogens is 204 g/mol. The molecule has 5 heteroatoms. The van der Waals surface area contributed by atoms with E-state index in [0.717, 1.165) is 24.4 Å². The van der Waals surface area contributed by atoms with Crippen LogP contribution in [0.2, 0.25) is 0 Å². The van der Waals surface area contributed by atoms with Gasteiger partial charge >= 0.3 is 0 Å². The van der Waals surface area contributed by atoms with E-state index in [1.165, 1.54) is 12.8 Å². The number of H-pyrrole nitrogens is 1. The van der Waals surface area contributed by atoms with Gasteiger partial charge in [-0.25, -0.2) is 4.52 Å². The fraction of sp³-hybridized carbons (Fsp3) is 0.545. The fourth-order valence-electron chi connectivity index (χ4n) is 2.12. The van der Waals surface area contributed by atoms with Gasteiger partial charge in [-0.3, -0.25) is 9.78 Å². The summed E-state index contributed by atoms with van der Waals surface area (Å²) in [6.45, 7) is 0. The molecule has 0 aliphatic heterocycles. The number of aromatic nitrogens is 4. The molecule has 0 amide bonds. The lowest BCUT2D eigenvalue weighted by atomic mass is 10.3. The predicted molar refractivity (Wildman–Crippen MR) is 57.6 cm³/mol. The van der Waals surface area contributed by atoms with E-state index in [1.54, 1.807) is 6.07 Å². The summed E-state index contributed by atoms with van der Waals surface area (Å²) in [7, 11) is 0. The van der Waals surface area contributed by atoms with Gasteiger partial charge in [-0.15, -0.1) is 5.10 Å². The maximum Gasteiger partial charge on any atom is 0.252 e. The van der Waals surface area contributed by atoms with Gasteiger partial charge in [0.25, 0.3) is 5.56 Å². The SMILES string of the molecule is O=c1cc(C2CC2)n2nc(C3CC3)nc2[nH]1. The molecule has 0 atom stereocenters. The number of nitrogens with zero attached hydrogens (tertiary/aromatic N) is 3. The minimum atomic E-state index is -0.0656. The highest BCUT2D eigenvalue weighted by atomic mass is 16.1. The van der Waals surface area contributed by atoms with Gasteiger partial charge in [-0.05, 0) is 25.7 Å². The molecule has 0 spiro atoms. The van der Waals surface area contributed by atoms with Crippen molar-refractivity contribution in [3.05, 3.63) is 27.9 Å². The Hall–Kier alpha value is -1.65. The van der Waals surface area contributed by atoms with Crippen LogP contribution in [0.15, 0.2) is 10.9 Å². The van der Waals surface area contributed by atoms with Crippen LogP contribution in [0.25, 0.3) is 5.78 Å². The van der Waals surface area contributed by atoms with Crippen LogP contribution in [-0.2, 0) is 0 Å². The Balaban J connectivity index is 1.99. The number of hydrogen-bond acceptors (Lipinski definition) is 3. The van der Waals surface area contributed by atoms with Gasteiger partial charge in [0.15, 0.2) is 5.82 Å². The predicted octanol–water partition coefficient (Wildman–Crippen LogP) is 1.17. The van der Waals surface area contributed by atoms with Gasteiger partial charge in [0.1, 0.15) is 0 Å². The summed E-state index contributed by atoms with van der Waals surface area (Å²) >= 11 is 0. The molecule has 0 saturated heterocycles. The van der Waals surface area contributed by atoms with Gasteiger partial charge in [0, 0.05) is 17.9 Å². The van der Waals surface area contributed by atoms with E-state index >= 15 is 0 Å². The van der Waals surface area contributed by atoms with Crippen LogP contribution in [0, 0.1) is 0 Å². The molecule has 2 aromatic rings. The zero-order valence-electron chi connectivity index (χ0n) is 8.81. The highest BCUT2D eigenvalue weighted by Gasteiger charge is 2.31. The van der Waals surface area contributed by atoms with Crippen LogP contribution in [0.3, 0.4) is 0 Å². The molecule has 2 fully saturated rings. The fourth-order valence-corrected chi connectivity index (χ4v) is 2.12. The molecule has 0 radical (unpaired) electrons. The van der Waals surface area contributed by atoms with Gasteiger partial charge < -0.3 is 0 Å². The van der Waals surface area contributed by atoms with Gasteiger partial charge in [-0.1, -0.05) is 0 Å². The van der Waals surface area contributed by atoms with E-state index in [2.05, 4.69) is 15.1 Å². The summed E-state index contributed by atoms with van der Waals surface area (Å²) < 4.78 is 1.83. The molecule has 5 nitrogen and oxygen atoms in total. The first kappa shape index (κ1) is 8.50. The molecule has 0 aromatic carbocycles. The lowest BCUT2D eigenvalue weighted by Crippen LogP contribution is -2.11. The van der Waals surface area contributed by atoms with Crippen molar-refractivity contribution >= 4 is 5.78 Å². The number of nitrogens with one attached hydrogen (secondary N) is 1. The second kappa shape index (κ2) is 2.72. The van der Waals surface area contributed by atoms with Crippen LogP contribution in [-0.4, -0.2) is 19.6 Å². The topological polar surface area (TPSA) is 63.1 Å². The first-order chi connectivity index (χ1) is 7.81. The quantitative estimate of drug-likeness (QED) is 0.819. The summed E-state index contributed by atoms with van der Waals surface area (Å²) in [4.78, 5) is 18.6. The molecule has 82 valence electrons. The Morgan fingerprint density at radius 1 is 1.25 bits per heavy atom. The molecular formula is C11H12N4O. The summed E-state index contributed by atoms with van der Waals surface area (Å²) in [6.07, 6.45) is 4.69. The number of rotatable bonds is 2. The first-order valence-corrected chi connectivity index (χ1v) is 5.81. The Labute approximate surface area is 91.5 Å². The summed E-state index contributed by atoms with van der Waals surface area (Å²) in [5.41, 5.74) is 0.960. The molecule has 16 heavy (non-hydrogen) atoms. The highest BCUT2D eigenvalue weighted by Crippen LogP contribution is 2.41. The standard InChI is InChI=1S/C11H12N4O/c16-9-5-8(6-1-2-6)15-11(12-9)13-10(14-15)7-3-4-7/h5-7H,1-4H2,(H,12,13,14,16). The van der Waals surface area contributed by atoms with Crippen LogP contribution in [0.4, 0.5) is 0 Å². The zero-order valence-corrected chi connectivity index (χ0v) is 8.81. The van der Waals surface area contributed by atoms with Crippen molar-refractivity contribution in [3.63, 3.8) is 0 Å². The normalized spacial score (nSPS) is 20.5. The molecule has 0 bridgehead atoms. The van der Waals surface area contributed by atoms with Gasteiger partial charge in [0.2, 0.25) is 5.78 Å². The molecule has 1 N–H and O–H groups in total. The van der Waals surface area contributed by atoms with Crippen molar-refractivity contribution < 1.29 is 0 Å². The smallest absolute Gasteiger partial charge is 0.252 e. The monoisotopic (exact) mass is 216 g/mol. The molecule has 2 aliphatic rings. The van der Waals surface area contributed by atoms with E-state index in [0.29, 0.717) is 17.6 Å². The van der Waals surface area contributed by atoms with E-state index in [9.17, 15) is 4.79 Å². The molecule has 2 saturated carbocycles. The zero-order chi connectivity index (χ0) is 10.7. The van der Waals surface area contributed by atoms with Crippen molar-refractivity contribution in [1.29, 1.82) is 0 Å². The molecule has 2 aromatic heterocycles. The van der Waals surface area contributed by atoms with Crippen LogP contribution in [0.5, 0.6) is 0 Å². The molecule has 0 unspecified atom stereocenters. The average molecular weight is 216 g/mol. The van der Waals surface area contributed by atoms with Crippen molar-refractivity contribution in [1.82, 2.24) is 19.6 Å². The number of aromatic amines is 1. The minimum Gasteiger partial charge on any atom is -0.291 e. The second-order valence-corrected chi connectivity index (χ2v) is 4.81. The minimum absolute atomic E-state index is 0.0656. The van der Waals surface area contributed by atoms with Crippen molar-refractivity contribution in [2.75, 3.05) is 0 Å². The Kier molecular flexibility index (Phi) is 1.45. The first-order valence-electron chi connectivity index (χ1n) is 5.81. The Morgan fingerprint density at radius 2 is 2.00 bits per heavy atom. The summed E-state index contributed by atoms with van der Waals surface area (Å²) in [6, 6.07) is 1.66. The van der Waals surface area contributed by atoms with E-state index < -0.39 is 0 Å². The van der Waals surface area contributed by atoms with Crippen LogP contribution in [0.1, 0.15) is 49.0 Å². The van der Waals surface area contributed by atoms with E-state index in [1.807, 2.05) is 4.52 Å². The molecule has 2 heterocycles. The van der Waals surface area contributed by atoms with Crippen molar-refractivity contribution in [2.45, 2.75) is 37.5 Å². The summed E-state index contributed by atoms with van der Waals surface area (Å²) in [5.74, 6) is 2.54. The van der Waals surface area contributed by atoms with Crippen LogP contribution >= 0.6 is 0 Å². The van der Waals surface area contributed by atoms with Gasteiger partial charge in [0.05, 0.1) is 5.69 Å². The lowest BCUT2D eigenvalue weighted by molar-refractivity contribution is 0.808. The van der Waals surface area contributed by atoms with Crippen LogP contribution < -0.4 is 5.56 Å². The molecule has 4 rings (SSSR count). The third-order valence-electron chi connectivity index (χ3n) is 3.32. The maximum absolute atomic E-state index is 11.5. The van der Waals surface area contributed by atoms with Crippen molar-refractivity contribution in [3.8, 4) is 0 Å². The third-order valence-corrected chi connectivity index (χ3v) is 3.32. The summed E-state index contributed by atoms with van der Waals surface area (Å²) in [5, 5.41) is 4.51. The number of hydrogen-bond donors (Lipinski definition) is 1. The third kappa shape index (κ3) is 1.20. The maximum atomic E-state index is 11.5. The largest absolute Gasteiger partial charge is 0.291 e.